The molecule has 0 radical (unpaired) electrons. The molecule has 2 unspecified atom stereocenters. The number of hydrogen-bond donors (Lipinski definition) is 6. The third kappa shape index (κ3) is 7.73. The van der Waals surface area contributed by atoms with Crippen LogP contribution in [0.25, 0.3) is 22.1 Å². The average Bonchev–Trinajstić information content (AvgIpc) is 3.96. The van der Waals surface area contributed by atoms with E-state index in [9.17, 15) is 29.4 Å². The van der Waals surface area contributed by atoms with Gasteiger partial charge in [0.25, 0.3) is 11.8 Å². The fourth-order valence-corrected chi connectivity index (χ4v) is 7.79. The molecule has 0 fully saturated rings. The van der Waals surface area contributed by atoms with Crippen LogP contribution < -0.4 is 31.6 Å². The number of aryl methyl sites for hydroxylation is 4. The molecule has 20 nitrogen and oxygen atoms in total. The largest absolute Gasteiger partial charge is 0.489 e. The molecule has 8 rings (SSSR count). The number of benzene rings is 2. The predicted octanol–water partition coefficient (Wildman–Crippen LogP) is 2.43. The van der Waals surface area contributed by atoms with Crippen molar-refractivity contribution in [3.05, 3.63) is 70.3 Å². The van der Waals surface area contributed by atoms with Crippen LogP contribution in [-0.2, 0) is 13.1 Å². The summed E-state index contributed by atoms with van der Waals surface area (Å²) in [6.45, 7) is 8.18. The second kappa shape index (κ2) is 16.9. The molecular formula is C38H46N12O8S2. The molecule has 0 aliphatic carbocycles. The van der Waals surface area contributed by atoms with E-state index in [4.69, 9.17) is 20.9 Å². The molecule has 4 aromatic heterocycles. The van der Waals surface area contributed by atoms with Gasteiger partial charge < -0.3 is 40.3 Å². The molecule has 22 heteroatoms. The van der Waals surface area contributed by atoms with E-state index in [0.717, 1.165) is 0 Å². The predicted molar refractivity (Wildman–Crippen MR) is 229 cm³/mol. The monoisotopic (exact) mass is 862 g/mol. The van der Waals surface area contributed by atoms with E-state index in [-0.39, 0.29) is 76.1 Å². The summed E-state index contributed by atoms with van der Waals surface area (Å²) in [5.41, 5.74) is 15.0. The minimum atomic E-state index is -1.34. The summed E-state index contributed by atoms with van der Waals surface area (Å²) in [4.78, 5) is 60.8. The van der Waals surface area contributed by atoms with Crippen LogP contribution in [0.2, 0.25) is 0 Å². The number of nitrogens with two attached hydrogens (primary N) is 2. The first-order valence-electron chi connectivity index (χ1n) is 18.8. The Morgan fingerprint density at radius 1 is 0.700 bits per heavy atom. The number of ether oxygens (including phenoxy) is 2. The van der Waals surface area contributed by atoms with Gasteiger partial charge in [0.1, 0.15) is 47.1 Å². The second-order valence-electron chi connectivity index (χ2n) is 14.4. The number of rotatable bonds is 13. The molecule has 0 bridgehead atoms. The molecule has 6 heterocycles. The van der Waals surface area contributed by atoms with Crippen molar-refractivity contribution in [2.45, 2.75) is 77.9 Å². The molecule has 2 aliphatic rings. The number of hydrogen-bond acceptors (Lipinski definition) is 12. The summed E-state index contributed by atoms with van der Waals surface area (Å²) in [5.74, 6) is -1.43. The van der Waals surface area contributed by atoms with Crippen LogP contribution in [0.1, 0.15) is 91.9 Å². The third-order valence-electron chi connectivity index (χ3n) is 10.5. The van der Waals surface area contributed by atoms with Crippen molar-refractivity contribution in [3.8, 4) is 11.5 Å². The van der Waals surface area contributed by atoms with Gasteiger partial charge in [-0.1, -0.05) is 0 Å². The maximum absolute atomic E-state index is 13.6. The molecule has 4 amide bonds. The zero-order valence-electron chi connectivity index (χ0n) is 33.1. The molecule has 6 aromatic rings. The minimum absolute atomic E-state index is 0. The Bertz CT molecular complexity index is 2490. The molecule has 60 heavy (non-hydrogen) atoms. The SMILES string of the molecule is CCn1nc(C)cc1C(=O)Nc1nc2cc(C(N)=O)cc3c2n1[C@@H](CC(O)C(O)C[C@H]1COc2cc(C(N)=O)cc4nc(NC(=O)c5cc(C)nn5CC)n1c24)CO3.S.S. The number of aliphatic hydroxyl groups is 2. The summed E-state index contributed by atoms with van der Waals surface area (Å²) in [6.07, 6.45) is -2.78. The highest BCUT2D eigenvalue weighted by Crippen LogP contribution is 2.41. The van der Waals surface area contributed by atoms with Crippen molar-refractivity contribution < 1.29 is 38.9 Å². The van der Waals surface area contributed by atoms with Crippen molar-refractivity contribution >= 4 is 84.6 Å². The van der Waals surface area contributed by atoms with Crippen LogP contribution in [0.15, 0.2) is 36.4 Å². The van der Waals surface area contributed by atoms with Gasteiger partial charge in [-0.3, -0.25) is 39.2 Å². The molecule has 0 saturated carbocycles. The number of anilines is 2. The van der Waals surface area contributed by atoms with Crippen LogP contribution >= 0.6 is 27.0 Å². The maximum Gasteiger partial charge on any atom is 0.276 e. The van der Waals surface area contributed by atoms with Gasteiger partial charge in [-0.15, -0.1) is 0 Å². The summed E-state index contributed by atoms with van der Waals surface area (Å²) in [7, 11) is 0. The normalized spacial score (nSPS) is 16.2. The van der Waals surface area contributed by atoms with E-state index >= 15 is 0 Å². The van der Waals surface area contributed by atoms with Crippen LogP contribution in [-0.4, -0.2) is 97.9 Å². The molecule has 318 valence electrons. The molecule has 4 atom stereocenters. The molecule has 2 aromatic carbocycles. The lowest BCUT2D eigenvalue weighted by Crippen LogP contribution is -2.36. The first kappa shape index (κ1) is 43.5. The van der Waals surface area contributed by atoms with Crippen molar-refractivity contribution in [1.82, 2.24) is 38.7 Å². The van der Waals surface area contributed by atoms with Gasteiger partial charge in [-0.2, -0.15) is 37.2 Å². The highest BCUT2D eigenvalue weighted by atomic mass is 32.1. The Kier molecular flexibility index (Phi) is 12.2. The van der Waals surface area contributed by atoms with E-state index in [1.165, 1.54) is 24.3 Å². The number of carbonyl (C=O) groups excluding carboxylic acids is 4. The molecule has 0 spiro atoms. The van der Waals surface area contributed by atoms with Gasteiger partial charge in [0, 0.05) is 24.2 Å². The van der Waals surface area contributed by atoms with Crippen molar-refractivity contribution in [2.75, 3.05) is 23.8 Å². The smallest absolute Gasteiger partial charge is 0.276 e. The van der Waals surface area contributed by atoms with E-state index in [2.05, 4.69) is 30.8 Å². The Hall–Kier alpha value is -6.10. The van der Waals surface area contributed by atoms with Gasteiger partial charge in [0.15, 0.2) is 0 Å². The molecule has 2 aliphatic heterocycles. The lowest BCUT2D eigenvalue weighted by atomic mass is 9.98. The summed E-state index contributed by atoms with van der Waals surface area (Å²) >= 11 is 0. The molecule has 8 N–H and O–H groups in total. The lowest BCUT2D eigenvalue weighted by Gasteiger charge is -2.32. The van der Waals surface area contributed by atoms with E-state index in [0.29, 0.717) is 69.4 Å². The van der Waals surface area contributed by atoms with Crippen LogP contribution in [0.3, 0.4) is 0 Å². The van der Waals surface area contributed by atoms with Crippen LogP contribution in [0.4, 0.5) is 11.9 Å². The van der Waals surface area contributed by atoms with Gasteiger partial charge in [-0.25, -0.2) is 9.97 Å². The summed E-state index contributed by atoms with van der Waals surface area (Å²) in [5, 5.41) is 37.8. The van der Waals surface area contributed by atoms with Crippen molar-refractivity contribution in [3.63, 3.8) is 0 Å². The zero-order chi connectivity index (χ0) is 41.2. The highest BCUT2D eigenvalue weighted by molar-refractivity contribution is 7.59. The Morgan fingerprint density at radius 2 is 1.08 bits per heavy atom. The summed E-state index contributed by atoms with van der Waals surface area (Å²) in [6, 6.07) is 8.01. The zero-order valence-corrected chi connectivity index (χ0v) is 35.1. The van der Waals surface area contributed by atoms with Gasteiger partial charge in [0.2, 0.25) is 23.7 Å². The van der Waals surface area contributed by atoms with E-state index in [1.807, 2.05) is 13.8 Å². The lowest BCUT2D eigenvalue weighted by molar-refractivity contribution is -0.0130. The van der Waals surface area contributed by atoms with E-state index < -0.39 is 47.9 Å². The number of primary amides is 2. The van der Waals surface area contributed by atoms with Gasteiger partial charge in [0.05, 0.1) is 46.7 Å². The topological polar surface area (TPSA) is 275 Å². The van der Waals surface area contributed by atoms with Crippen LogP contribution in [0, 0.1) is 13.8 Å². The quantitative estimate of drug-likeness (QED) is 0.0978. The van der Waals surface area contributed by atoms with Crippen LogP contribution in [0.5, 0.6) is 11.5 Å². The second-order valence-corrected chi connectivity index (χ2v) is 14.4. The average molecular weight is 863 g/mol. The fraction of sp³-hybridized carbons (Fsp3) is 0.368. The van der Waals surface area contributed by atoms with E-state index in [1.54, 1.807) is 44.5 Å². The fourth-order valence-electron chi connectivity index (χ4n) is 7.79. The molecular weight excluding hydrogens is 817 g/mol. The Morgan fingerprint density at radius 3 is 1.43 bits per heavy atom. The first-order valence-corrected chi connectivity index (χ1v) is 18.8. The minimum Gasteiger partial charge on any atom is -0.489 e. The number of aromatic nitrogens is 8. The maximum atomic E-state index is 13.6. The number of aliphatic hydroxyl groups excluding tert-OH is 2. The number of carbonyl (C=O) groups is 4. The highest BCUT2D eigenvalue weighted by Gasteiger charge is 2.36. The third-order valence-corrected chi connectivity index (χ3v) is 10.5. The number of imidazole rings is 2. The van der Waals surface area contributed by atoms with Gasteiger partial charge >= 0.3 is 0 Å². The standard InChI is InChI=1S/C38H42N12O8.2H2S/c1-5-47-25(7-17(3)45-47)35(55)43-37-41-23-9-19(33(39)53)11-29-31(23)49(37)21(15-57-29)13-27(51)28(52)14-22-16-58-30-12-20(34(40)54)10-24-32(30)50(22)38(42-24)44-36(56)26-8-18(4)46-48(26)6-2;;/h7-12,21-22,27-28,51-52H,5-6,13-16H2,1-4H3,(H2,39,53)(H2,40,54)(H,41,43,55)(H,42,44,56);2*1H2/t21-,22-,27?,28?;;/m0../s1. The number of nitrogens with one attached hydrogen (secondary N) is 2. The Balaban J connectivity index is 0.00000302. The number of amides is 4. The van der Waals surface area contributed by atoms with Crippen molar-refractivity contribution in [2.24, 2.45) is 11.5 Å². The Labute approximate surface area is 356 Å². The first-order chi connectivity index (χ1) is 27.7. The van der Waals surface area contributed by atoms with Crippen molar-refractivity contribution in [1.29, 1.82) is 0 Å². The number of nitrogens with zero attached hydrogens (tertiary/aromatic N) is 8. The summed E-state index contributed by atoms with van der Waals surface area (Å²) < 4.78 is 18.7. The van der Waals surface area contributed by atoms with Gasteiger partial charge in [-0.05, 0) is 76.9 Å². The molecule has 0 saturated heterocycles.